The molecule has 108 valence electrons. The van der Waals surface area contributed by atoms with Gasteiger partial charge in [-0.1, -0.05) is 12.0 Å². The van der Waals surface area contributed by atoms with Crippen molar-refractivity contribution in [3.63, 3.8) is 0 Å². The lowest BCUT2D eigenvalue weighted by Crippen LogP contribution is -1.94. The topological polar surface area (TPSA) is 42.1 Å². The van der Waals surface area contributed by atoms with Gasteiger partial charge in [-0.05, 0) is 48.4 Å². The summed E-state index contributed by atoms with van der Waals surface area (Å²) >= 11 is 0. The van der Waals surface area contributed by atoms with Crippen LogP contribution >= 0.6 is 0 Å². The molecule has 0 unspecified atom stereocenters. The molecule has 1 aromatic heterocycles. The molecule has 3 rings (SSSR count). The summed E-state index contributed by atoms with van der Waals surface area (Å²) in [5.74, 6) is 5.17. The van der Waals surface area contributed by atoms with Crippen molar-refractivity contribution in [2.75, 3.05) is 7.11 Å². The Morgan fingerprint density at radius 3 is 2.82 bits per heavy atom. The molecule has 0 amide bonds. The molecule has 0 fully saturated rings. The summed E-state index contributed by atoms with van der Waals surface area (Å²) in [6.45, 7) is 0. The quantitative estimate of drug-likeness (QED) is 0.580. The van der Waals surface area contributed by atoms with Crippen LogP contribution in [0.25, 0.3) is 10.9 Å². The van der Waals surface area contributed by atoms with Crippen LogP contribution < -0.4 is 4.74 Å². The number of fused-ring (bicyclic) bond motifs is 1. The summed E-state index contributed by atoms with van der Waals surface area (Å²) in [7, 11) is 1.59. The number of methoxy groups -OCH3 is 1. The van der Waals surface area contributed by atoms with Gasteiger partial charge in [-0.2, -0.15) is 0 Å². The fraction of sp³-hybridized carbons (Fsp3) is 0.0556. The average Bonchev–Trinajstić information content (AvgIpc) is 2.95. The van der Waals surface area contributed by atoms with E-state index in [9.17, 15) is 9.18 Å². The van der Waals surface area contributed by atoms with E-state index in [2.05, 4.69) is 16.8 Å². The van der Waals surface area contributed by atoms with Crippen molar-refractivity contribution in [2.24, 2.45) is 0 Å². The van der Waals surface area contributed by atoms with Gasteiger partial charge in [-0.25, -0.2) is 4.39 Å². The second kappa shape index (κ2) is 5.74. The van der Waals surface area contributed by atoms with Crippen molar-refractivity contribution in [2.45, 2.75) is 0 Å². The zero-order chi connectivity index (χ0) is 15.5. The van der Waals surface area contributed by atoms with E-state index in [1.165, 1.54) is 12.1 Å². The number of Topliss-reactive ketones (excluding diaryl/α,β-unsaturated/α-hetero) is 1. The average molecular weight is 293 g/mol. The van der Waals surface area contributed by atoms with Crippen molar-refractivity contribution in [1.29, 1.82) is 0 Å². The van der Waals surface area contributed by atoms with E-state index >= 15 is 0 Å². The molecule has 0 aliphatic carbocycles. The third-order valence-corrected chi connectivity index (χ3v) is 3.22. The molecule has 0 saturated carbocycles. The first-order chi connectivity index (χ1) is 10.7. The van der Waals surface area contributed by atoms with Crippen LogP contribution in [0.5, 0.6) is 5.75 Å². The summed E-state index contributed by atoms with van der Waals surface area (Å²) in [4.78, 5) is 15.1. The Kier molecular flexibility index (Phi) is 3.63. The maximum atomic E-state index is 13.1. The molecular formula is C18H12FNO2. The van der Waals surface area contributed by atoms with E-state index in [0.29, 0.717) is 11.3 Å². The number of ether oxygens (including phenoxy) is 1. The number of rotatable bonds is 2. The smallest absolute Gasteiger partial charge is 0.252 e. The molecule has 0 spiro atoms. The van der Waals surface area contributed by atoms with E-state index in [4.69, 9.17) is 4.74 Å². The number of benzene rings is 2. The van der Waals surface area contributed by atoms with Crippen LogP contribution in [0.15, 0.2) is 48.5 Å². The first-order valence-electron chi connectivity index (χ1n) is 6.64. The van der Waals surface area contributed by atoms with Crippen LogP contribution in [-0.4, -0.2) is 17.9 Å². The number of ketones is 1. The number of hydrogen-bond acceptors (Lipinski definition) is 2. The van der Waals surface area contributed by atoms with Gasteiger partial charge in [0.05, 0.1) is 12.8 Å². The fourth-order valence-corrected chi connectivity index (χ4v) is 2.12. The van der Waals surface area contributed by atoms with E-state index in [1.54, 1.807) is 25.3 Å². The van der Waals surface area contributed by atoms with Crippen molar-refractivity contribution in [3.8, 4) is 17.6 Å². The Morgan fingerprint density at radius 2 is 2.05 bits per heavy atom. The minimum absolute atomic E-state index is 0.348. The maximum Gasteiger partial charge on any atom is 0.252 e. The molecule has 2 aromatic carbocycles. The summed E-state index contributed by atoms with van der Waals surface area (Å²) in [6, 6.07) is 13.0. The highest BCUT2D eigenvalue weighted by atomic mass is 19.1. The van der Waals surface area contributed by atoms with Crippen LogP contribution in [0, 0.1) is 17.7 Å². The molecule has 0 radical (unpaired) electrons. The summed E-state index contributed by atoms with van der Waals surface area (Å²) < 4.78 is 18.2. The van der Waals surface area contributed by atoms with E-state index < -0.39 is 0 Å². The number of hydrogen-bond donors (Lipinski definition) is 1. The number of aromatic amines is 1. The van der Waals surface area contributed by atoms with Crippen LogP contribution in [0.2, 0.25) is 0 Å². The molecule has 0 aliphatic heterocycles. The number of H-pyrrole nitrogens is 1. The summed E-state index contributed by atoms with van der Waals surface area (Å²) in [6.07, 6.45) is 0. The molecule has 3 nitrogen and oxygen atoms in total. The van der Waals surface area contributed by atoms with Gasteiger partial charge in [0.15, 0.2) is 0 Å². The third kappa shape index (κ3) is 2.84. The SMILES string of the molecule is COc1ccc2[nH]c(C(=O)C#Cc3cccc(F)c3)cc2c1. The minimum atomic E-state index is -0.378. The second-order valence-electron chi connectivity index (χ2n) is 4.73. The molecule has 1 heterocycles. The Balaban J connectivity index is 1.89. The zero-order valence-electron chi connectivity index (χ0n) is 11.8. The van der Waals surface area contributed by atoms with Gasteiger partial charge in [0.2, 0.25) is 0 Å². The van der Waals surface area contributed by atoms with Crippen LogP contribution in [0.3, 0.4) is 0 Å². The largest absolute Gasteiger partial charge is 0.497 e. The van der Waals surface area contributed by atoms with Gasteiger partial charge in [-0.3, -0.25) is 4.79 Å². The second-order valence-corrected chi connectivity index (χ2v) is 4.73. The van der Waals surface area contributed by atoms with Crippen molar-refractivity contribution in [3.05, 3.63) is 65.6 Å². The van der Waals surface area contributed by atoms with Gasteiger partial charge >= 0.3 is 0 Å². The minimum Gasteiger partial charge on any atom is -0.497 e. The molecule has 0 aliphatic rings. The number of aromatic nitrogens is 1. The van der Waals surface area contributed by atoms with Gasteiger partial charge in [-0.15, -0.1) is 0 Å². The van der Waals surface area contributed by atoms with Crippen LogP contribution in [0.1, 0.15) is 16.1 Å². The number of halogens is 1. The molecular weight excluding hydrogens is 281 g/mol. The standard InChI is InChI=1S/C18H12FNO2/c1-22-15-6-7-16-13(10-15)11-17(20-16)18(21)8-5-12-3-2-4-14(19)9-12/h2-4,6-7,9-11,20H,1H3. The summed E-state index contributed by atoms with van der Waals surface area (Å²) in [5, 5.41) is 0.871. The van der Waals surface area contributed by atoms with Crippen molar-refractivity contribution >= 4 is 16.7 Å². The number of carbonyl (C=O) groups excluding carboxylic acids is 1. The predicted molar refractivity (Wildman–Crippen MR) is 82.5 cm³/mol. The van der Waals surface area contributed by atoms with E-state index in [-0.39, 0.29) is 11.6 Å². The first-order valence-corrected chi connectivity index (χ1v) is 6.64. The molecule has 1 N–H and O–H groups in total. The lowest BCUT2D eigenvalue weighted by atomic mass is 10.2. The summed E-state index contributed by atoms with van der Waals surface area (Å²) in [5.41, 5.74) is 1.69. The Morgan fingerprint density at radius 1 is 1.18 bits per heavy atom. The zero-order valence-corrected chi connectivity index (χ0v) is 11.8. The van der Waals surface area contributed by atoms with Crippen molar-refractivity contribution < 1.29 is 13.9 Å². The first kappa shape index (κ1) is 13.9. The Labute approximate surface area is 126 Å². The highest BCUT2D eigenvalue weighted by molar-refractivity contribution is 6.10. The Hall–Kier alpha value is -3.06. The highest BCUT2D eigenvalue weighted by Crippen LogP contribution is 2.21. The predicted octanol–water partition coefficient (Wildman–Crippen LogP) is 3.55. The van der Waals surface area contributed by atoms with E-state index in [0.717, 1.165) is 16.7 Å². The van der Waals surface area contributed by atoms with Crippen molar-refractivity contribution in [1.82, 2.24) is 4.98 Å². The lowest BCUT2D eigenvalue weighted by Gasteiger charge is -1.97. The van der Waals surface area contributed by atoms with Gasteiger partial charge in [0, 0.05) is 16.5 Å². The molecule has 0 saturated heterocycles. The fourth-order valence-electron chi connectivity index (χ4n) is 2.12. The van der Waals surface area contributed by atoms with E-state index in [1.807, 2.05) is 18.2 Å². The normalized spacial score (nSPS) is 10.1. The molecule has 0 atom stereocenters. The van der Waals surface area contributed by atoms with Crippen LogP contribution in [-0.2, 0) is 0 Å². The highest BCUT2D eigenvalue weighted by Gasteiger charge is 2.07. The molecule has 22 heavy (non-hydrogen) atoms. The molecule has 3 aromatic rings. The number of carbonyl (C=O) groups is 1. The monoisotopic (exact) mass is 293 g/mol. The van der Waals surface area contributed by atoms with Gasteiger partial charge in [0.1, 0.15) is 11.6 Å². The number of nitrogens with one attached hydrogen (secondary N) is 1. The molecule has 4 heteroatoms. The van der Waals surface area contributed by atoms with Gasteiger partial charge in [0.25, 0.3) is 5.78 Å². The van der Waals surface area contributed by atoms with Crippen LogP contribution in [0.4, 0.5) is 4.39 Å². The van der Waals surface area contributed by atoms with Gasteiger partial charge < -0.3 is 9.72 Å². The lowest BCUT2D eigenvalue weighted by molar-refractivity contribution is 0.105. The Bertz CT molecular complexity index is 915. The maximum absolute atomic E-state index is 13.1. The third-order valence-electron chi connectivity index (χ3n) is 3.22. The molecule has 0 bridgehead atoms.